The van der Waals surface area contributed by atoms with Crippen LogP contribution < -0.4 is 27.4 Å². The number of primary amides is 1. The molecule has 0 fully saturated rings. The number of carbonyl (C=O) groups is 5. The average molecular weight is 632 g/mol. The van der Waals surface area contributed by atoms with Crippen molar-refractivity contribution in [2.45, 2.75) is 70.1 Å². The van der Waals surface area contributed by atoms with Gasteiger partial charge in [-0.05, 0) is 42.0 Å². The second kappa shape index (κ2) is 15.2. The normalized spacial score (nSPS) is 14.0. The lowest BCUT2D eigenvalue weighted by molar-refractivity contribution is -0.142. The van der Waals surface area contributed by atoms with Gasteiger partial charge in [0.2, 0.25) is 23.6 Å². The Labute approximate surface area is 265 Å². The third kappa shape index (κ3) is 8.72. The van der Waals surface area contributed by atoms with E-state index in [9.17, 15) is 29.1 Å². The number of carbonyl (C=O) groups excluding carboxylic acids is 4. The average Bonchev–Trinajstić information content (AvgIpc) is 3.61. The van der Waals surface area contributed by atoms with Crippen LogP contribution in [0.15, 0.2) is 60.9 Å². The van der Waals surface area contributed by atoms with Crippen molar-refractivity contribution in [1.82, 2.24) is 25.9 Å². The molecule has 13 heteroatoms. The fourth-order valence-corrected chi connectivity index (χ4v) is 5.44. The molecule has 0 spiro atoms. The highest BCUT2D eigenvalue weighted by atomic mass is 16.4. The molecule has 2 heterocycles. The molecule has 0 aliphatic rings. The molecule has 13 nitrogen and oxygen atoms in total. The summed E-state index contributed by atoms with van der Waals surface area (Å²) in [5.41, 5.74) is 14.4. The summed E-state index contributed by atoms with van der Waals surface area (Å²) in [6.07, 6.45) is 3.45. The van der Waals surface area contributed by atoms with Crippen LogP contribution in [0.5, 0.6) is 0 Å². The molecule has 4 rings (SSSR count). The number of benzene rings is 2. The van der Waals surface area contributed by atoms with Crippen LogP contribution in [0.1, 0.15) is 44.2 Å². The number of fused-ring (bicyclic) bond motifs is 2. The Morgan fingerprint density at radius 2 is 1.22 bits per heavy atom. The maximum Gasteiger partial charge on any atom is 0.326 e. The van der Waals surface area contributed by atoms with Gasteiger partial charge < -0.3 is 42.5 Å². The summed E-state index contributed by atoms with van der Waals surface area (Å²) in [5, 5.41) is 19.6. The number of nitrogens with one attached hydrogen (secondary N) is 5. The van der Waals surface area contributed by atoms with Crippen LogP contribution >= 0.6 is 0 Å². The second-order valence-corrected chi connectivity index (χ2v) is 11.9. The summed E-state index contributed by atoms with van der Waals surface area (Å²) in [5.74, 6) is -3.86. The van der Waals surface area contributed by atoms with E-state index >= 15 is 0 Å². The van der Waals surface area contributed by atoms with Gasteiger partial charge in [-0.15, -0.1) is 0 Å². The smallest absolute Gasteiger partial charge is 0.326 e. The van der Waals surface area contributed by atoms with Crippen molar-refractivity contribution < 1.29 is 29.1 Å². The van der Waals surface area contributed by atoms with Crippen molar-refractivity contribution in [2.24, 2.45) is 17.4 Å². The highest BCUT2D eigenvalue weighted by Crippen LogP contribution is 2.21. The minimum atomic E-state index is -1.31. The molecule has 2 aromatic heterocycles. The van der Waals surface area contributed by atoms with Crippen molar-refractivity contribution in [3.05, 3.63) is 72.1 Å². The Balaban J connectivity index is 1.59. The predicted molar refractivity (Wildman–Crippen MR) is 173 cm³/mol. The van der Waals surface area contributed by atoms with Crippen LogP contribution in [-0.4, -0.2) is 68.8 Å². The molecular weight excluding hydrogens is 590 g/mol. The van der Waals surface area contributed by atoms with E-state index in [4.69, 9.17) is 11.5 Å². The summed E-state index contributed by atoms with van der Waals surface area (Å²) in [7, 11) is 0. The van der Waals surface area contributed by atoms with Crippen LogP contribution in [0.25, 0.3) is 21.8 Å². The number of hydrogen-bond donors (Lipinski definition) is 8. The first kappa shape index (κ1) is 33.7. The van der Waals surface area contributed by atoms with Gasteiger partial charge in [-0.3, -0.25) is 19.2 Å². The first-order valence-corrected chi connectivity index (χ1v) is 15.2. The molecule has 0 saturated heterocycles. The van der Waals surface area contributed by atoms with E-state index in [1.807, 2.05) is 62.4 Å². The predicted octanol–water partition coefficient (Wildman–Crippen LogP) is 1.61. The van der Waals surface area contributed by atoms with Gasteiger partial charge in [0.1, 0.15) is 18.1 Å². The Kier molecular flexibility index (Phi) is 11.2. The number of H-pyrrole nitrogens is 2. The number of carboxylic acids is 1. The molecule has 0 aliphatic heterocycles. The molecule has 4 amide bonds. The number of rotatable bonds is 16. The maximum absolute atomic E-state index is 13.8. The van der Waals surface area contributed by atoms with E-state index in [1.165, 1.54) is 0 Å². The molecule has 2 aromatic carbocycles. The zero-order chi connectivity index (χ0) is 33.4. The van der Waals surface area contributed by atoms with Crippen LogP contribution in [-0.2, 0) is 36.8 Å². The molecule has 4 atom stereocenters. The van der Waals surface area contributed by atoms with E-state index < -0.39 is 53.8 Å². The van der Waals surface area contributed by atoms with Crippen LogP contribution in [0, 0.1) is 5.92 Å². The minimum absolute atomic E-state index is 0.00433. The van der Waals surface area contributed by atoms with Gasteiger partial charge in [-0.25, -0.2) is 4.79 Å². The van der Waals surface area contributed by atoms with Crippen molar-refractivity contribution in [2.75, 3.05) is 0 Å². The number of nitrogens with two attached hydrogens (primary N) is 2. The molecule has 10 N–H and O–H groups in total. The van der Waals surface area contributed by atoms with Crippen LogP contribution in [0.2, 0.25) is 0 Å². The van der Waals surface area contributed by atoms with E-state index in [-0.39, 0.29) is 31.6 Å². The minimum Gasteiger partial charge on any atom is -0.480 e. The van der Waals surface area contributed by atoms with E-state index in [0.29, 0.717) is 17.5 Å². The summed E-state index contributed by atoms with van der Waals surface area (Å²) in [4.78, 5) is 70.4. The standard InChI is InChI=1S/C33H41N7O6/c1-18(2)13-23(34)30(42)38-26(11-12-29(35)41)31(43)39-27(14-19-16-36-24-9-5-3-7-21(19)24)32(44)40-28(33(45)46)15-20-17-37-25-10-6-4-8-22(20)25/h3-10,16-18,23,26-28,36-37H,11-15,34H2,1-2H3,(H2,35,41)(H,38,42)(H,39,43)(H,40,44)(H,45,46). The summed E-state index contributed by atoms with van der Waals surface area (Å²) >= 11 is 0. The number of amides is 4. The van der Waals surface area contributed by atoms with E-state index in [0.717, 1.165) is 21.8 Å². The van der Waals surface area contributed by atoms with Crippen molar-refractivity contribution in [3.63, 3.8) is 0 Å². The van der Waals surface area contributed by atoms with E-state index in [2.05, 4.69) is 25.9 Å². The number of para-hydroxylation sites is 2. The molecule has 0 bridgehead atoms. The number of aromatic nitrogens is 2. The van der Waals surface area contributed by atoms with Gasteiger partial charge in [0.15, 0.2) is 0 Å². The highest BCUT2D eigenvalue weighted by Gasteiger charge is 2.31. The molecule has 4 aromatic rings. The Morgan fingerprint density at radius 3 is 1.74 bits per heavy atom. The Hall–Kier alpha value is -5.17. The second-order valence-electron chi connectivity index (χ2n) is 11.9. The summed E-state index contributed by atoms with van der Waals surface area (Å²) < 4.78 is 0. The number of aromatic amines is 2. The van der Waals surface area contributed by atoms with Gasteiger partial charge >= 0.3 is 5.97 Å². The lowest BCUT2D eigenvalue weighted by atomic mass is 10.0. The van der Waals surface area contributed by atoms with Gasteiger partial charge in [-0.1, -0.05) is 50.2 Å². The number of hydrogen-bond acceptors (Lipinski definition) is 6. The zero-order valence-electron chi connectivity index (χ0n) is 25.8. The molecular formula is C33H41N7O6. The van der Waals surface area contributed by atoms with Crippen molar-refractivity contribution in [1.29, 1.82) is 0 Å². The van der Waals surface area contributed by atoms with Crippen molar-refractivity contribution in [3.8, 4) is 0 Å². The third-order valence-corrected chi connectivity index (χ3v) is 7.82. The lowest BCUT2D eigenvalue weighted by Gasteiger charge is -2.25. The summed E-state index contributed by atoms with van der Waals surface area (Å²) in [6.45, 7) is 3.81. The molecule has 244 valence electrons. The molecule has 0 saturated carbocycles. The van der Waals surface area contributed by atoms with Gasteiger partial charge in [0, 0.05) is 53.5 Å². The zero-order valence-corrected chi connectivity index (χ0v) is 25.8. The lowest BCUT2D eigenvalue weighted by Crippen LogP contribution is -2.58. The fraction of sp³-hybridized carbons (Fsp3) is 0.364. The Bertz CT molecular complexity index is 1710. The summed E-state index contributed by atoms with van der Waals surface area (Å²) in [6, 6.07) is 10.2. The number of aliphatic carboxylic acids is 1. The quantitative estimate of drug-likeness (QED) is 0.0911. The SMILES string of the molecule is CC(C)CC(N)C(=O)NC(CCC(N)=O)C(=O)NC(Cc1c[nH]c2ccccc12)C(=O)NC(Cc1c[nH]c2ccccc12)C(=O)O. The van der Waals surface area contributed by atoms with Gasteiger partial charge in [0.25, 0.3) is 0 Å². The highest BCUT2D eigenvalue weighted by molar-refractivity contribution is 5.95. The number of carboxylic acid groups (broad SMARTS) is 1. The largest absolute Gasteiger partial charge is 0.480 e. The fourth-order valence-electron chi connectivity index (χ4n) is 5.44. The first-order valence-electron chi connectivity index (χ1n) is 15.2. The van der Waals surface area contributed by atoms with Gasteiger partial charge in [-0.2, -0.15) is 0 Å². The maximum atomic E-state index is 13.8. The molecule has 46 heavy (non-hydrogen) atoms. The van der Waals surface area contributed by atoms with Gasteiger partial charge in [0.05, 0.1) is 6.04 Å². The van der Waals surface area contributed by atoms with Crippen LogP contribution in [0.3, 0.4) is 0 Å². The molecule has 4 unspecified atom stereocenters. The van der Waals surface area contributed by atoms with Crippen LogP contribution in [0.4, 0.5) is 0 Å². The first-order chi connectivity index (χ1) is 21.9. The monoisotopic (exact) mass is 631 g/mol. The van der Waals surface area contributed by atoms with Crippen molar-refractivity contribution >= 4 is 51.4 Å². The third-order valence-electron chi connectivity index (χ3n) is 7.82. The topological polar surface area (TPSA) is 225 Å². The molecule has 0 radical (unpaired) electrons. The molecule has 0 aliphatic carbocycles. The Morgan fingerprint density at radius 1 is 0.739 bits per heavy atom. The van der Waals surface area contributed by atoms with E-state index in [1.54, 1.807) is 12.4 Å².